The summed E-state index contributed by atoms with van der Waals surface area (Å²) in [6.45, 7) is 7.31. The van der Waals surface area contributed by atoms with Gasteiger partial charge in [-0.25, -0.2) is 0 Å². The van der Waals surface area contributed by atoms with E-state index in [1.807, 2.05) is 36.4 Å². The second kappa shape index (κ2) is 9.34. The first kappa shape index (κ1) is 19.9. The van der Waals surface area contributed by atoms with Crippen molar-refractivity contribution < 1.29 is 9.57 Å². The lowest BCUT2D eigenvalue weighted by molar-refractivity contribution is 0.00951. The zero-order chi connectivity index (χ0) is 19.8. The van der Waals surface area contributed by atoms with Crippen LogP contribution in [-0.2, 0) is 22.6 Å². The van der Waals surface area contributed by atoms with E-state index in [9.17, 15) is 0 Å². The summed E-state index contributed by atoms with van der Waals surface area (Å²) in [6.07, 6.45) is 3.39. The number of hydrogen-bond donors (Lipinski definition) is 0. The van der Waals surface area contributed by atoms with Crippen molar-refractivity contribution in [3.05, 3.63) is 83.4 Å². The van der Waals surface area contributed by atoms with Crippen molar-refractivity contribution in [2.45, 2.75) is 44.8 Å². The summed E-state index contributed by atoms with van der Waals surface area (Å²) in [5.41, 5.74) is 4.32. The molecule has 2 aromatic carbocycles. The van der Waals surface area contributed by atoms with Gasteiger partial charge >= 0.3 is 0 Å². The number of oxime groups is 1. The van der Waals surface area contributed by atoms with E-state index >= 15 is 0 Å². The van der Waals surface area contributed by atoms with E-state index in [2.05, 4.69) is 36.9 Å². The van der Waals surface area contributed by atoms with Gasteiger partial charge in [-0.05, 0) is 35.3 Å². The molecule has 0 fully saturated rings. The second-order valence-electron chi connectivity index (χ2n) is 7.24. The number of nitriles is 1. The van der Waals surface area contributed by atoms with Crippen LogP contribution < -0.4 is 0 Å². The molecule has 0 radical (unpaired) electrons. The molecule has 0 spiro atoms. The van der Waals surface area contributed by atoms with E-state index in [-0.39, 0.29) is 0 Å². The third kappa shape index (κ3) is 4.88. The summed E-state index contributed by atoms with van der Waals surface area (Å²) >= 11 is 0. The predicted octanol–water partition coefficient (Wildman–Crippen LogP) is 5.19. The van der Waals surface area contributed by atoms with Crippen LogP contribution >= 0.6 is 0 Å². The molecule has 1 heterocycles. The van der Waals surface area contributed by atoms with Crippen LogP contribution in [-0.4, -0.2) is 17.9 Å². The van der Waals surface area contributed by atoms with Crippen LogP contribution in [0.15, 0.2) is 71.9 Å². The monoisotopic (exact) mass is 374 g/mol. The lowest BCUT2D eigenvalue weighted by Crippen LogP contribution is -2.34. The number of nitrogens with zero attached hydrogens (tertiary/aromatic N) is 2. The van der Waals surface area contributed by atoms with Crippen molar-refractivity contribution in [3.8, 4) is 6.07 Å². The lowest BCUT2D eigenvalue weighted by Gasteiger charge is -2.29. The summed E-state index contributed by atoms with van der Waals surface area (Å²) in [4.78, 5) is 5.98. The normalized spacial score (nSPS) is 18.2. The Morgan fingerprint density at radius 1 is 1.18 bits per heavy atom. The minimum Gasteiger partial charge on any atom is -0.384 e. The third-order valence-electron chi connectivity index (χ3n) is 4.96. The number of benzene rings is 2. The highest BCUT2D eigenvalue weighted by Gasteiger charge is 2.41. The van der Waals surface area contributed by atoms with Crippen LogP contribution in [0.4, 0.5) is 0 Å². The molecule has 2 aromatic rings. The van der Waals surface area contributed by atoms with Crippen LogP contribution in [0, 0.1) is 11.3 Å². The smallest absolute Gasteiger partial charge is 0.167 e. The second-order valence-corrected chi connectivity index (χ2v) is 7.24. The van der Waals surface area contributed by atoms with Crippen molar-refractivity contribution >= 4 is 5.71 Å². The average molecular weight is 374 g/mol. The van der Waals surface area contributed by atoms with Gasteiger partial charge in [-0.15, -0.1) is 0 Å². The van der Waals surface area contributed by atoms with Gasteiger partial charge in [0.15, 0.2) is 5.60 Å². The Hall–Kier alpha value is -2.90. The Bertz CT molecular complexity index is 883. The Morgan fingerprint density at radius 3 is 2.71 bits per heavy atom. The Balaban J connectivity index is 1.61. The highest BCUT2D eigenvalue weighted by Crippen LogP contribution is 2.36. The molecule has 0 N–H and O–H groups in total. The molecular formula is C24H26N2O2. The first-order valence-electron chi connectivity index (χ1n) is 9.68. The SMILES string of the molecule is C=C(CCC)C1(Cc2ccccc2)CC(COCc2cccc(C#N)c2)=NO1. The molecule has 4 heteroatoms. The summed E-state index contributed by atoms with van der Waals surface area (Å²) in [5.74, 6) is 0. The molecule has 0 bridgehead atoms. The van der Waals surface area contributed by atoms with Gasteiger partial charge < -0.3 is 9.57 Å². The molecular weight excluding hydrogens is 348 g/mol. The van der Waals surface area contributed by atoms with Crippen molar-refractivity contribution in [1.29, 1.82) is 5.26 Å². The summed E-state index contributed by atoms with van der Waals surface area (Å²) < 4.78 is 5.84. The molecule has 144 valence electrons. The summed E-state index contributed by atoms with van der Waals surface area (Å²) in [5, 5.41) is 13.3. The Labute approximate surface area is 167 Å². The fraction of sp³-hybridized carbons (Fsp3) is 0.333. The topological polar surface area (TPSA) is 54.6 Å². The first-order valence-corrected chi connectivity index (χ1v) is 9.68. The number of hydrogen-bond acceptors (Lipinski definition) is 4. The quantitative estimate of drug-likeness (QED) is 0.568. The number of ether oxygens (including phenoxy) is 1. The zero-order valence-corrected chi connectivity index (χ0v) is 16.4. The van der Waals surface area contributed by atoms with E-state index in [1.165, 1.54) is 5.56 Å². The molecule has 1 atom stereocenters. The van der Waals surface area contributed by atoms with E-state index in [0.29, 0.717) is 25.2 Å². The zero-order valence-electron chi connectivity index (χ0n) is 16.4. The highest BCUT2D eigenvalue weighted by molar-refractivity contribution is 5.88. The standard InChI is InChI=1S/C24H26N2O2/c1-3-8-19(2)24(14-20-9-5-4-6-10-20)15-23(26-28-24)18-27-17-22-12-7-11-21(13-22)16-25/h4-7,9-13H,2-3,8,14-15,17-18H2,1H3. The van der Waals surface area contributed by atoms with Gasteiger partial charge in [0.05, 0.1) is 30.6 Å². The molecule has 4 nitrogen and oxygen atoms in total. The van der Waals surface area contributed by atoms with Gasteiger partial charge in [0.2, 0.25) is 0 Å². The van der Waals surface area contributed by atoms with Crippen molar-refractivity contribution in [3.63, 3.8) is 0 Å². The maximum absolute atomic E-state index is 9.00. The fourth-order valence-corrected chi connectivity index (χ4v) is 3.51. The molecule has 0 aromatic heterocycles. The van der Waals surface area contributed by atoms with Gasteiger partial charge in [0.25, 0.3) is 0 Å². The van der Waals surface area contributed by atoms with Gasteiger partial charge in [-0.1, -0.05) is 67.5 Å². The van der Waals surface area contributed by atoms with E-state index in [1.54, 1.807) is 6.07 Å². The van der Waals surface area contributed by atoms with Gasteiger partial charge in [0.1, 0.15) is 0 Å². The molecule has 0 saturated carbocycles. The maximum atomic E-state index is 9.00. The summed E-state index contributed by atoms with van der Waals surface area (Å²) in [6, 6.07) is 19.9. The lowest BCUT2D eigenvalue weighted by atomic mass is 9.82. The molecule has 1 aliphatic heterocycles. The number of rotatable bonds is 9. The Morgan fingerprint density at radius 2 is 1.96 bits per heavy atom. The minimum atomic E-state index is -0.489. The fourth-order valence-electron chi connectivity index (χ4n) is 3.51. The molecule has 1 unspecified atom stereocenters. The van der Waals surface area contributed by atoms with Gasteiger partial charge in [-0.3, -0.25) is 0 Å². The van der Waals surface area contributed by atoms with Crippen LogP contribution in [0.2, 0.25) is 0 Å². The molecule has 0 amide bonds. The van der Waals surface area contributed by atoms with Crippen LogP contribution in [0.1, 0.15) is 42.9 Å². The van der Waals surface area contributed by atoms with Gasteiger partial charge in [-0.2, -0.15) is 5.26 Å². The molecule has 0 saturated heterocycles. The summed E-state index contributed by atoms with van der Waals surface area (Å²) in [7, 11) is 0. The maximum Gasteiger partial charge on any atom is 0.167 e. The highest BCUT2D eigenvalue weighted by atomic mass is 16.7. The van der Waals surface area contributed by atoms with Crippen LogP contribution in [0.3, 0.4) is 0 Å². The van der Waals surface area contributed by atoms with Crippen molar-refractivity contribution in [2.75, 3.05) is 6.61 Å². The molecule has 28 heavy (non-hydrogen) atoms. The Kier molecular flexibility index (Phi) is 6.62. The third-order valence-corrected chi connectivity index (χ3v) is 4.96. The predicted molar refractivity (Wildman–Crippen MR) is 111 cm³/mol. The molecule has 0 aliphatic carbocycles. The van der Waals surface area contributed by atoms with Crippen LogP contribution in [0.5, 0.6) is 0 Å². The first-order chi connectivity index (χ1) is 13.6. The van der Waals surface area contributed by atoms with Crippen molar-refractivity contribution in [2.24, 2.45) is 5.16 Å². The van der Waals surface area contributed by atoms with E-state index in [0.717, 1.165) is 36.1 Å². The minimum absolute atomic E-state index is 0.409. The molecule has 1 aliphatic rings. The molecule has 3 rings (SSSR count). The average Bonchev–Trinajstić information content (AvgIpc) is 3.13. The van der Waals surface area contributed by atoms with E-state index < -0.39 is 5.60 Å². The van der Waals surface area contributed by atoms with Crippen LogP contribution in [0.25, 0.3) is 0 Å². The van der Waals surface area contributed by atoms with Gasteiger partial charge in [0, 0.05) is 12.8 Å². The largest absolute Gasteiger partial charge is 0.384 e. The van der Waals surface area contributed by atoms with Crippen molar-refractivity contribution in [1.82, 2.24) is 0 Å². The van der Waals surface area contributed by atoms with E-state index in [4.69, 9.17) is 14.8 Å².